The first-order valence-electron chi connectivity index (χ1n) is 9.11. The molecule has 0 bridgehead atoms. The third kappa shape index (κ3) is 7.84. The topological polar surface area (TPSA) is 65.5 Å². The van der Waals surface area contributed by atoms with Crippen molar-refractivity contribution in [3.05, 3.63) is 70.5 Å². The Bertz CT molecular complexity index is 811. The third-order valence-electron chi connectivity index (χ3n) is 3.98. The van der Waals surface area contributed by atoms with Crippen LogP contribution in [0.4, 0.5) is 4.39 Å². The molecule has 0 unspecified atom stereocenters. The van der Waals surface area contributed by atoms with Crippen molar-refractivity contribution in [3.63, 3.8) is 0 Å². The minimum absolute atomic E-state index is 0. The maximum absolute atomic E-state index is 13.6. The minimum atomic E-state index is -0.223. The van der Waals surface area contributed by atoms with Crippen LogP contribution in [0.25, 0.3) is 0 Å². The van der Waals surface area contributed by atoms with Gasteiger partial charge in [0.1, 0.15) is 5.82 Å². The van der Waals surface area contributed by atoms with Crippen LogP contribution in [0.1, 0.15) is 34.0 Å². The smallest absolute Gasteiger partial charge is 0.251 e. The molecule has 0 spiro atoms. The number of halogens is 2. The number of nitrogens with zero attached hydrogens (tertiary/aromatic N) is 1. The summed E-state index contributed by atoms with van der Waals surface area (Å²) in [5.41, 5.74) is 3.13. The summed E-state index contributed by atoms with van der Waals surface area (Å²) in [6.07, 6.45) is 0. The van der Waals surface area contributed by atoms with E-state index >= 15 is 0 Å². The standard InChI is InChI=1S/C21H27FN4O.HI/c1-4-23-21(26-14-17-9-8-16(3)19(22)13-17)25-11-10-24-20(27)18-7-5-6-15(2)12-18;/h5-9,12-13H,4,10-11,14H2,1-3H3,(H,24,27)(H2,23,25,26);1H. The fraction of sp³-hybridized carbons (Fsp3) is 0.333. The molecule has 152 valence electrons. The largest absolute Gasteiger partial charge is 0.357 e. The molecule has 0 heterocycles. The van der Waals surface area contributed by atoms with Crippen LogP contribution in [0, 0.1) is 19.7 Å². The van der Waals surface area contributed by atoms with Crippen LogP contribution < -0.4 is 16.0 Å². The predicted octanol–water partition coefficient (Wildman–Crippen LogP) is 3.55. The number of carbonyl (C=O) groups excluding carboxylic acids is 1. The van der Waals surface area contributed by atoms with E-state index in [0.717, 1.165) is 11.1 Å². The Kier molecular flexibility index (Phi) is 10.5. The molecular weight excluding hydrogens is 470 g/mol. The number of nitrogens with one attached hydrogen (secondary N) is 3. The molecule has 0 aliphatic heterocycles. The predicted molar refractivity (Wildman–Crippen MR) is 123 cm³/mol. The Hall–Kier alpha value is -2.16. The quantitative estimate of drug-likeness (QED) is 0.237. The zero-order valence-electron chi connectivity index (χ0n) is 16.5. The lowest BCUT2D eigenvalue weighted by atomic mass is 10.1. The van der Waals surface area contributed by atoms with Crippen molar-refractivity contribution in [3.8, 4) is 0 Å². The summed E-state index contributed by atoms with van der Waals surface area (Å²) >= 11 is 0. The molecule has 0 aromatic heterocycles. The highest BCUT2D eigenvalue weighted by Crippen LogP contribution is 2.10. The van der Waals surface area contributed by atoms with E-state index in [-0.39, 0.29) is 35.7 Å². The second kappa shape index (κ2) is 12.3. The molecule has 0 fully saturated rings. The molecule has 0 saturated heterocycles. The molecule has 2 rings (SSSR count). The Morgan fingerprint density at radius 1 is 1.04 bits per heavy atom. The zero-order chi connectivity index (χ0) is 19.6. The lowest BCUT2D eigenvalue weighted by Crippen LogP contribution is -2.41. The summed E-state index contributed by atoms with van der Waals surface area (Å²) in [4.78, 5) is 16.6. The van der Waals surface area contributed by atoms with Gasteiger partial charge in [-0.25, -0.2) is 9.38 Å². The lowest BCUT2D eigenvalue weighted by molar-refractivity contribution is 0.0954. The van der Waals surface area contributed by atoms with Gasteiger partial charge < -0.3 is 16.0 Å². The maximum atomic E-state index is 13.6. The summed E-state index contributed by atoms with van der Waals surface area (Å²) < 4.78 is 13.6. The van der Waals surface area contributed by atoms with Crippen molar-refractivity contribution in [2.75, 3.05) is 19.6 Å². The Balaban J connectivity index is 0.00000392. The molecule has 0 radical (unpaired) electrons. The second-order valence-corrected chi connectivity index (χ2v) is 6.33. The van der Waals surface area contributed by atoms with E-state index in [1.54, 1.807) is 19.1 Å². The molecule has 0 saturated carbocycles. The molecule has 0 aliphatic carbocycles. The van der Waals surface area contributed by atoms with Gasteiger partial charge in [0.05, 0.1) is 6.54 Å². The molecule has 0 atom stereocenters. The van der Waals surface area contributed by atoms with E-state index in [9.17, 15) is 9.18 Å². The SMILES string of the molecule is CCNC(=NCc1ccc(C)c(F)c1)NCCNC(=O)c1cccc(C)c1.I. The van der Waals surface area contributed by atoms with Gasteiger partial charge in [-0.05, 0) is 50.1 Å². The van der Waals surface area contributed by atoms with Crippen LogP contribution in [-0.2, 0) is 6.54 Å². The molecule has 1 amide bonds. The van der Waals surface area contributed by atoms with Gasteiger partial charge in [0.25, 0.3) is 5.91 Å². The van der Waals surface area contributed by atoms with E-state index in [1.807, 2.05) is 38.1 Å². The first kappa shape index (κ1) is 23.9. The van der Waals surface area contributed by atoms with E-state index in [4.69, 9.17) is 0 Å². The van der Waals surface area contributed by atoms with Gasteiger partial charge in [-0.1, -0.05) is 29.8 Å². The van der Waals surface area contributed by atoms with Crippen molar-refractivity contribution in [1.82, 2.24) is 16.0 Å². The highest BCUT2D eigenvalue weighted by Gasteiger charge is 2.05. The average Bonchev–Trinajstić information content (AvgIpc) is 2.65. The van der Waals surface area contributed by atoms with E-state index in [0.29, 0.717) is 43.3 Å². The van der Waals surface area contributed by atoms with Gasteiger partial charge >= 0.3 is 0 Å². The van der Waals surface area contributed by atoms with Gasteiger partial charge in [0.15, 0.2) is 5.96 Å². The first-order valence-corrected chi connectivity index (χ1v) is 9.11. The number of guanidine groups is 1. The molecule has 7 heteroatoms. The molecule has 5 nitrogen and oxygen atoms in total. The van der Waals surface area contributed by atoms with Gasteiger partial charge in [-0.3, -0.25) is 4.79 Å². The summed E-state index contributed by atoms with van der Waals surface area (Å²) in [7, 11) is 0. The molecule has 28 heavy (non-hydrogen) atoms. The summed E-state index contributed by atoms with van der Waals surface area (Å²) in [5, 5.41) is 9.18. The van der Waals surface area contributed by atoms with Gasteiger partial charge in [0, 0.05) is 25.2 Å². The van der Waals surface area contributed by atoms with Crippen LogP contribution in [0.5, 0.6) is 0 Å². The van der Waals surface area contributed by atoms with Crippen molar-refractivity contribution in [2.24, 2.45) is 4.99 Å². The fourth-order valence-corrected chi connectivity index (χ4v) is 2.49. The number of rotatable bonds is 7. The fourth-order valence-electron chi connectivity index (χ4n) is 2.49. The van der Waals surface area contributed by atoms with Gasteiger partial charge in [-0.15, -0.1) is 24.0 Å². The monoisotopic (exact) mass is 498 g/mol. The highest BCUT2D eigenvalue weighted by molar-refractivity contribution is 14.0. The van der Waals surface area contributed by atoms with Crippen LogP contribution >= 0.6 is 24.0 Å². The normalized spacial score (nSPS) is 10.8. The van der Waals surface area contributed by atoms with Crippen molar-refractivity contribution >= 4 is 35.8 Å². The summed E-state index contributed by atoms with van der Waals surface area (Å²) in [6, 6.07) is 12.6. The minimum Gasteiger partial charge on any atom is -0.357 e. The van der Waals surface area contributed by atoms with Crippen LogP contribution in [-0.4, -0.2) is 31.5 Å². The zero-order valence-corrected chi connectivity index (χ0v) is 18.8. The molecular formula is C21H28FIN4O. The number of aliphatic imine (C=N–C) groups is 1. The van der Waals surface area contributed by atoms with E-state index in [1.165, 1.54) is 6.07 Å². The van der Waals surface area contributed by atoms with E-state index < -0.39 is 0 Å². The number of aryl methyl sites for hydroxylation is 2. The summed E-state index contributed by atoms with van der Waals surface area (Å²) in [5.74, 6) is 0.306. The molecule has 3 N–H and O–H groups in total. The number of carbonyl (C=O) groups is 1. The summed E-state index contributed by atoms with van der Waals surface area (Å²) in [6.45, 7) is 7.76. The maximum Gasteiger partial charge on any atom is 0.251 e. The average molecular weight is 498 g/mol. The number of hydrogen-bond donors (Lipinski definition) is 3. The molecule has 2 aromatic carbocycles. The lowest BCUT2D eigenvalue weighted by Gasteiger charge is -2.12. The second-order valence-electron chi connectivity index (χ2n) is 6.33. The van der Waals surface area contributed by atoms with Gasteiger partial charge in [-0.2, -0.15) is 0 Å². The number of benzene rings is 2. The van der Waals surface area contributed by atoms with Crippen LogP contribution in [0.15, 0.2) is 47.5 Å². The van der Waals surface area contributed by atoms with Crippen molar-refractivity contribution < 1.29 is 9.18 Å². The van der Waals surface area contributed by atoms with Crippen LogP contribution in [0.3, 0.4) is 0 Å². The van der Waals surface area contributed by atoms with Crippen LogP contribution in [0.2, 0.25) is 0 Å². The Morgan fingerprint density at radius 3 is 2.46 bits per heavy atom. The first-order chi connectivity index (χ1) is 13.0. The number of hydrogen-bond acceptors (Lipinski definition) is 2. The van der Waals surface area contributed by atoms with Gasteiger partial charge in [0.2, 0.25) is 0 Å². The molecule has 0 aliphatic rings. The Morgan fingerprint density at radius 2 is 1.79 bits per heavy atom. The Labute approximate surface area is 183 Å². The molecule has 2 aromatic rings. The number of amides is 1. The van der Waals surface area contributed by atoms with Crippen molar-refractivity contribution in [1.29, 1.82) is 0 Å². The third-order valence-corrected chi connectivity index (χ3v) is 3.98. The van der Waals surface area contributed by atoms with Crippen molar-refractivity contribution in [2.45, 2.75) is 27.3 Å². The highest BCUT2D eigenvalue weighted by atomic mass is 127. The van der Waals surface area contributed by atoms with E-state index in [2.05, 4.69) is 20.9 Å².